The van der Waals surface area contributed by atoms with E-state index < -0.39 is 5.60 Å². The Balaban J connectivity index is 1.47. The van der Waals surface area contributed by atoms with Crippen molar-refractivity contribution >= 4 is 6.09 Å². The summed E-state index contributed by atoms with van der Waals surface area (Å²) in [6.45, 7) is 14.3. The van der Waals surface area contributed by atoms with Gasteiger partial charge in [0.15, 0.2) is 0 Å². The molecule has 5 heteroatoms. The van der Waals surface area contributed by atoms with Gasteiger partial charge in [-0.2, -0.15) is 0 Å². The van der Waals surface area contributed by atoms with Crippen LogP contribution in [0.3, 0.4) is 0 Å². The zero-order valence-corrected chi connectivity index (χ0v) is 20.4. The van der Waals surface area contributed by atoms with Crippen molar-refractivity contribution in [1.29, 1.82) is 0 Å². The Hall–Kier alpha value is -1.78. The lowest BCUT2D eigenvalue weighted by Gasteiger charge is -2.36. The molecule has 1 aliphatic carbocycles. The van der Waals surface area contributed by atoms with E-state index in [1.807, 2.05) is 31.9 Å². The molecule has 2 fully saturated rings. The third kappa shape index (κ3) is 7.40. The minimum atomic E-state index is -0.451. The summed E-state index contributed by atoms with van der Waals surface area (Å²) in [7, 11) is 0. The molecule has 5 nitrogen and oxygen atoms in total. The van der Waals surface area contributed by atoms with Crippen LogP contribution < -0.4 is 4.74 Å². The van der Waals surface area contributed by atoms with E-state index in [-0.39, 0.29) is 6.09 Å². The third-order valence-electron chi connectivity index (χ3n) is 6.67. The van der Waals surface area contributed by atoms with Gasteiger partial charge in [0.25, 0.3) is 0 Å². The molecule has 0 aromatic carbocycles. The fraction of sp³-hybridized carbons (Fsp3) is 0.769. The number of pyridine rings is 1. The number of amides is 1. The number of hydrogen-bond donors (Lipinski definition) is 0. The number of piperidine rings is 1. The third-order valence-corrected chi connectivity index (χ3v) is 6.67. The van der Waals surface area contributed by atoms with Gasteiger partial charge in [0.2, 0.25) is 0 Å². The van der Waals surface area contributed by atoms with Crippen molar-refractivity contribution in [2.45, 2.75) is 98.2 Å². The van der Waals surface area contributed by atoms with E-state index in [2.05, 4.69) is 37.9 Å². The molecule has 2 aliphatic rings. The Morgan fingerprint density at radius 1 is 1.06 bits per heavy atom. The van der Waals surface area contributed by atoms with Gasteiger partial charge in [0.05, 0.1) is 12.3 Å². The van der Waals surface area contributed by atoms with Crippen molar-refractivity contribution in [1.82, 2.24) is 9.88 Å². The van der Waals surface area contributed by atoms with Crippen LogP contribution in [-0.2, 0) is 11.2 Å². The summed E-state index contributed by atoms with van der Waals surface area (Å²) in [6, 6.07) is 4.15. The molecule has 0 N–H and O–H groups in total. The minimum Gasteiger partial charge on any atom is -0.489 e. The van der Waals surface area contributed by atoms with Crippen LogP contribution in [0.25, 0.3) is 0 Å². The van der Waals surface area contributed by atoms with E-state index in [0.717, 1.165) is 62.6 Å². The number of carbonyl (C=O) groups excluding carboxylic acids is 1. The largest absolute Gasteiger partial charge is 0.489 e. The van der Waals surface area contributed by atoms with Crippen LogP contribution in [0, 0.1) is 17.3 Å². The van der Waals surface area contributed by atoms with Crippen LogP contribution in [-0.4, -0.2) is 40.8 Å². The first-order valence-electron chi connectivity index (χ1n) is 12.1. The summed E-state index contributed by atoms with van der Waals surface area (Å²) in [4.78, 5) is 18.9. The van der Waals surface area contributed by atoms with Crippen LogP contribution in [0.4, 0.5) is 4.79 Å². The second kappa shape index (κ2) is 9.79. The first kappa shape index (κ1) is 23.9. The van der Waals surface area contributed by atoms with Crippen LogP contribution in [0.2, 0.25) is 0 Å². The lowest BCUT2D eigenvalue weighted by Crippen LogP contribution is -2.43. The van der Waals surface area contributed by atoms with Gasteiger partial charge in [-0.05, 0) is 95.1 Å². The van der Waals surface area contributed by atoms with Crippen LogP contribution in [0.5, 0.6) is 5.75 Å². The van der Waals surface area contributed by atoms with Crippen molar-refractivity contribution < 1.29 is 14.3 Å². The van der Waals surface area contributed by atoms with Gasteiger partial charge in [-0.15, -0.1) is 0 Å². The highest BCUT2D eigenvalue weighted by molar-refractivity contribution is 5.68. The molecule has 1 saturated heterocycles. The maximum Gasteiger partial charge on any atom is 0.410 e. The van der Waals surface area contributed by atoms with Gasteiger partial charge >= 0.3 is 6.09 Å². The van der Waals surface area contributed by atoms with Crippen LogP contribution in [0.1, 0.15) is 85.8 Å². The van der Waals surface area contributed by atoms with E-state index in [1.54, 1.807) is 0 Å². The average Bonchev–Trinajstić information content (AvgIpc) is 2.68. The fourth-order valence-corrected chi connectivity index (χ4v) is 4.86. The molecule has 1 aliphatic heterocycles. The lowest BCUT2D eigenvalue weighted by molar-refractivity contribution is 0.0165. The van der Waals surface area contributed by atoms with Crippen molar-refractivity contribution in [2.24, 2.45) is 17.3 Å². The zero-order chi connectivity index (χ0) is 22.6. The van der Waals surface area contributed by atoms with E-state index in [9.17, 15) is 4.79 Å². The maximum absolute atomic E-state index is 12.4. The molecular formula is C26H42N2O3. The Morgan fingerprint density at radius 3 is 2.35 bits per heavy atom. The van der Waals surface area contributed by atoms with Gasteiger partial charge in [0, 0.05) is 18.8 Å². The van der Waals surface area contributed by atoms with Crippen LogP contribution >= 0.6 is 0 Å². The Labute approximate surface area is 188 Å². The Kier molecular flexibility index (Phi) is 7.54. The second-order valence-corrected chi connectivity index (χ2v) is 11.6. The van der Waals surface area contributed by atoms with Crippen molar-refractivity contribution in [3.8, 4) is 5.75 Å². The predicted molar refractivity (Wildman–Crippen MR) is 124 cm³/mol. The SMILES string of the molecule is CC(C)(C)OC(=O)N1CCCC(Cc2ccc(OC3CCC(C(C)(C)C)CC3)cn2)C1. The molecule has 1 amide bonds. The van der Waals surface area contributed by atoms with Gasteiger partial charge in [-0.25, -0.2) is 4.79 Å². The molecule has 1 aromatic rings. The molecule has 1 unspecified atom stereocenters. The summed E-state index contributed by atoms with van der Waals surface area (Å²) in [6.07, 6.45) is 9.76. The zero-order valence-electron chi connectivity index (χ0n) is 20.4. The number of likely N-dealkylation sites (tertiary alicyclic amines) is 1. The van der Waals surface area contributed by atoms with Gasteiger partial charge in [0.1, 0.15) is 11.4 Å². The molecule has 1 aromatic heterocycles. The summed E-state index contributed by atoms with van der Waals surface area (Å²) in [5, 5.41) is 0. The molecule has 174 valence electrons. The average molecular weight is 431 g/mol. The Morgan fingerprint density at radius 2 is 1.77 bits per heavy atom. The van der Waals surface area contributed by atoms with E-state index >= 15 is 0 Å². The standard InChI is InChI=1S/C26H42N2O3/c1-25(2,3)20-9-12-22(13-10-20)30-23-14-11-21(27-17-23)16-19-8-7-15-28(18-19)24(29)31-26(4,5)6/h11,14,17,19-20,22H,7-10,12-13,15-16,18H2,1-6H3. The fourth-order valence-electron chi connectivity index (χ4n) is 4.86. The first-order chi connectivity index (χ1) is 14.5. The highest BCUT2D eigenvalue weighted by Crippen LogP contribution is 2.38. The van der Waals surface area contributed by atoms with Gasteiger partial charge < -0.3 is 14.4 Å². The molecule has 0 radical (unpaired) electrons. The topological polar surface area (TPSA) is 51.7 Å². The lowest BCUT2D eigenvalue weighted by atomic mass is 9.72. The normalized spacial score (nSPS) is 25.2. The summed E-state index contributed by atoms with van der Waals surface area (Å²) in [5.74, 6) is 2.10. The Bertz CT molecular complexity index is 710. The van der Waals surface area contributed by atoms with Crippen molar-refractivity contribution in [3.63, 3.8) is 0 Å². The van der Waals surface area contributed by atoms with Crippen molar-refractivity contribution in [2.75, 3.05) is 13.1 Å². The molecule has 1 saturated carbocycles. The molecule has 0 bridgehead atoms. The quantitative estimate of drug-likeness (QED) is 0.566. The summed E-state index contributed by atoms with van der Waals surface area (Å²) >= 11 is 0. The second-order valence-electron chi connectivity index (χ2n) is 11.6. The van der Waals surface area contributed by atoms with Gasteiger partial charge in [-0.3, -0.25) is 4.98 Å². The number of carbonyl (C=O) groups is 1. The van der Waals surface area contributed by atoms with E-state index in [4.69, 9.17) is 9.47 Å². The highest BCUT2D eigenvalue weighted by atomic mass is 16.6. The predicted octanol–water partition coefficient (Wildman–Crippen LogP) is 6.25. The molecule has 1 atom stereocenters. The summed E-state index contributed by atoms with van der Waals surface area (Å²) < 4.78 is 11.8. The molecule has 0 spiro atoms. The monoisotopic (exact) mass is 430 g/mol. The number of hydrogen-bond acceptors (Lipinski definition) is 4. The number of ether oxygens (including phenoxy) is 2. The smallest absolute Gasteiger partial charge is 0.410 e. The van der Waals surface area contributed by atoms with Gasteiger partial charge in [-0.1, -0.05) is 20.8 Å². The summed E-state index contributed by atoms with van der Waals surface area (Å²) in [5.41, 5.74) is 1.01. The molecule has 2 heterocycles. The van der Waals surface area contributed by atoms with Crippen molar-refractivity contribution in [3.05, 3.63) is 24.0 Å². The maximum atomic E-state index is 12.4. The first-order valence-corrected chi connectivity index (χ1v) is 12.1. The number of rotatable bonds is 4. The van der Waals surface area contributed by atoms with E-state index in [1.165, 1.54) is 12.8 Å². The minimum absolute atomic E-state index is 0.199. The number of aromatic nitrogens is 1. The highest BCUT2D eigenvalue weighted by Gasteiger charge is 2.31. The van der Waals surface area contributed by atoms with E-state index in [0.29, 0.717) is 17.4 Å². The molecular weight excluding hydrogens is 388 g/mol. The van der Waals surface area contributed by atoms with Crippen LogP contribution in [0.15, 0.2) is 18.3 Å². The number of nitrogens with zero attached hydrogens (tertiary/aromatic N) is 2. The molecule has 3 rings (SSSR count). The molecule has 31 heavy (non-hydrogen) atoms.